The summed E-state index contributed by atoms with van der Waals surface area (Å²) in [5.74, 6) is 3.61. The van der Waals surface area contributed by atoms with Crippen LogP contribution < -0.4 is 10.2 Å². The maximum absolute atomic E-state index is 5.04. The second-order valence-electron chi connectivity index (χ2n) is 9.17. The van der Waals surface area contributed by atoms with E-state index in [1.807, 2.05) is 0 Å². The van der Waals surface area contributed by atoms with Crippen molar-refractivity contribution >= 4 is 22.7 Å². The van der Waals surface area contributed by atoms with Crippen LogP contribution in [0.5, 0.6) is 0 Å². The van der Waals surface area contributed by atoms with Gasteiger partial charge < -0.3 is 15.1 Å². The van der Waals surface area contributed by atoms with Crippen LogP contribution in [0.3, 0.4) is 0 Å². The second kappa shape index (κ2) is 7.86. The van der Waals surface area contributed by atoms with Crippen LogP contribution in [0.4, 0.5) is 11.8 Å². The Hall–Kier alpha value is -1.88. The lowest BCUT2D eigenvalue weighted by Crippen LogP contribution is -2.30. The zero-order valence-corrected chi connectivity index (χ0v) is 17.1. The fourth-order valence-electron chi connectivity index (χ4n) is 5.54. The first-order valence-corrected chi connectivity index (χ1v) is 11.2. The number of nitrogens with one attached hydrogen (secondary N) is 1. The van der Waals surface area contributed by atoms with Crippen LogP contribution in [0.25, 0.3) is 10.9 Å². The Bertz CT molecular complexity index is 800. The summed E-state index contributed by atoms with van der Waals surface area (Å²) in [6.07, 6.45) is 9.38. The van der Waals surface area contributed by atoms with Crippen molar-refractivity contribution in [1.29, 1.82) is 0 Å². The molecule has 4 aliphatic rings. The molecule has 6 rings (SSSR count). The number of aromatic nitrogens is 2. The van der Waals surface area contributed by atoms with Crippen molar-refractivity contribution < 1.29 is 0 Å². The third kappa shape index (κ3) is 3.69. The molecule has 5 heteroatoms. The van der Waals surface area contributed by atoms with E-state index in [1.165, 1.54) is 50.5 Å². The molecule has 150 valence electrons. The molecule has 3 saturated heterocycles. The minimum atomic E-state index is 0.702. The lowest BCUT2D eigenvalue weighted by atomic mass is 9.84. The molecule has 2 aromatic rings. The summed E-state index contributed by atoms with van der Waals surface area (Å²) >= 11 is 0. The summed E-state index contributed by atoms with van der Waals surface area (Å²) in [5, 5.41) is 4.74. The number of para-hydroxylation sites is 1. The predicted molar refractivity (Wildman–Crippen MR) is 116 cm³/mol. The molecule has 2 bridgehead atoms. The SMILES string of the molecule is CN1CCCC1CCNc1nc(N2CC3CCC(CC3)C2)c2ccccc2n1. The molecule has 1 N–H and O–H groups in total. The molecule has 0 amide bonds. The highest BCUT2D eigenvalue weighted by molar-refractivity contribution is 5.90. The van der Waals surface area contributed by atoms with Gasteiger partial charge in [0.2, 0.25) is 5.95 Å². The molecule has 3 aliphatic heterocycles. The number of anilines is 2. The highest BCUT2D eigenvalue weighted by Gasteiger charge is 2.31. The van der Waals surface area contributed by atoms with Gasteiger partial charge in [0.1, 0.15) is 5.82 Å². The molecule has 4 heterocycles. The fraction of sp³-hybridized carbons (Fsp3) is 0.652. The van der Waals surface area contributed by atoms with Gasteiger partial charge in [-0.15, -0.1) is 0 Å². The summed E-state index contributed by atoms with van der Waals surface area (Å²) < 4.78 is 0. The van der Waals surface area contributed by atoms with E-state index < -0.39 is 0 Å². The minimum Gasteiger partial charge on any atom is -0.355 e. The first-order chi connectivity index (χ1) is 13.8. The highest BCUT2D eigenvalue weighted by Crippen LogP contribution is 2.37. The van der Waals surface area contributed by atoms with Crippen molar-refractivity contribution in [2.75, 3.05) is 43.4 Å². The first kappa shape index (κ1) is 18.2. The van der Waals surface area contributed by atoms with E-state index in [2.05, 4.69) is 46.4 Å². The number of hydrogen-bond acceptors (Lipinski definition) is 5. The van der Waals surface area contributed by atoms with E-state index >= 15 is 0 Å². The topological polar surface area (TPSA) is 44.3 Å². The molecule has 0 radical (unpaired) electrons. The number of fused-ring (bicyclic) bond motifs is 5. The van der Waals surface area contributed by atoms with Gasteiger partial charge in [-0.2, -0.15) is 4.98 Å². The maximum atomic E-state index is 5.04. The Labute approximate surface area is 168 Å². The van der Waals surface area contributed by atoms with Gasteiger partial charge in [-0.05, 0) is 82.5 Å². The Kier molecular flexibility index (Phi) is 5.10. The normalized spacial score (nSPS) is 28.0. The van der Waals surface area contributed by atoms with E-state index in [-0.39, 0.29) is 0 Å². The molecule has 1 aliphatic carbocycles. The second-order valence-corrected chi connectivity index (χ2v) is 9.17. The largest absolute Gasteiger partial charge is 0.355 e. The van der Waals surface area contributed by atoms with E-state index in [0.717, 1.165) is 55.2 Å². The van der Waals surface area contributed by atoms with E-state index in [9.17, 15) is 0 Å². The molecule has 1 saturated carbocycles. The maximum Gasteiger partial charge on any atom is 0.225 e. The van der Waals surface area contributed by atoms with E-state index in [1.54, 1.807) is 0 Å². The minimum absolute atomic E-state index is 0.702. The highest BCUT2D eigenvalue weighted by atomic mass is 15.2. The van der Waals surface area contributed by atoms with Gasteiger partial charge in [0.15, 0.2) is 0 Å². The number of benzene rings is 1. The summed E-state index contributed by atoms with van der Waals surface area (Å²) in [5.41, 5.74) is 1.06. The average molecular weight is 380 g/mol. The molecular weight excluding hydrogens is 346 g/mol. The fourth-order valence-corrected chi connectivity index (χ4v) is 5.54. The van der Waals surface area contributed by atoms with Gasteiger partial charge in [0, 0.05) is 31.1 Å². The Morgan fingerprint density at radius 1 is 1.00 bits per heavy atom. The standard InChI is InChI=1S/C23H33N5/c1-27-14-4-5-19(27)12-13-24-23-25-21-7-3-2-6-20(21)22(26-23)28-15-17-8-9-18(16-28)11-10-17/h2-3,6-7,17-19H,4-5,8-16H2,1H3,(H,24,25,26). The number of likely N-dealkylation sites (tertiary alicyclic amines) is 1. The summed E-state index contributed by atoms with van der Waals surface area (Å²) in [6.45, 7) is 4.49. The quantitative estimate of drug-likeness (QED) is 0.845. The Morgan fingerprint density at radius 2 is 1.75 bits per heavy atom. The van der Waals surface area contributed by atoms with Crippen LogP contribution in [-0.4, -0.2) is 54.1 Å². The number of nitrogens with zero attached hydrogens (tertiary/aromatic N) is 4. The predicted octanol–water partition coefficient (Wildman–Crippen LogP) is 4.15. The zero-order valence-electron chi connectivity index (χ0n) is 17.1. The van der Waals surface area contributed by atoms with Crippen molar-refractivity contribution in [2.24, 2.45) is 11.8 Å². The Morgan fingerprint density at radius 3 is 2.46 bits per heavy atom. The van der Waals surface area contributed by atoms with Crippen LogP contribution in [0.15, 0.2) is 24.3 Å². The smallest absolute Gasteiger partial charge is 0.225 e. The molecule has 4 fully saturated rings. The Balaban J connectivity index is 1.38. The van der Waals surface area contributed by atoms with E-state index in [4.69, 9.17) is 9.97 Å². The summed E-state index contributed by atoms with van der Waals surface area (Å²) in [4.78, 5) is 14.9. The summed E-state index contributed by atoms with van der Waals surface area (Å²) in [6, 6.07) is 9.22. The third-order valence-electron chi connectivity index (χ3n) is 7.24. The van der Waals surface area contributed by atoms with Crippen molar-refractivity contribution in [1.82, 2.24) is 14.9 Å². The van der Waals surface area contributed by atoms with Crippen molar-refractivity contribution in [3.63, 3.8) is 0 Å². The van der Waals surface area contributed by atoms with E-state index in [0.29, 0.717) is 6.04 Å². The lowest BCUT2D eigenvalue weighted by Gasteiger charge is -2.26. The van der Waals surface area contributed by atoms with Gasteiger partial charge in [-0.1, -0.05) is 12.1 Å². The number of rotatable bonds is 5. The van der Waals surface area contributed by atoms with Gasteiger partial charge in [0.05, 0.1) is 5.52 Å². The van der Waals surface area contributed by atoms with Gasteiger partial charge in [0.25, 0.3) is 0 Å². The zero-order chi connectivity index (χ0) is 18.9. The molecule has 0 spiro atoms. The van der Waals surface area contributed by atoms with Gasteiger partial charge >= 0.3 is 0 Å². The van der Waals surface area contributed by atoms with Crippen LogP contribution >= 0.6 is 0 Å². The van der Waals surface area contributed by atoms with Crippen molar-refractivity contribution in [3.8, 4) is 0 Å². The van der Waals surface area contributed by atoms with Gasteiger partial charge in [-0.25, -0.2) is 4.98 Å². The molecule has 1 atom stereocenters. The first-order valence-electron chi connectivity index (χ1n) is 11.2. The molecule has 1 unspecified atom stereocenters. The molecule has 5 nitrogen and oxygen atoms in total. The molecular formula is C23H33N5. The monoisotopic (exact) mass is 379 g/mol. The van der Waals surface area contributed by atoms with Crippen molar-refractivity contribution in [3.05, 3.63) is 24.3 Å². The van der Waals surface area contributed by atoms with Crippen molar-refractivity contribution in [2.45, 2.75) is 51.0 Å². The summed E-state index contributed by atoms with van der Waals surface area (Å²) in [7, 11) is 2.25. The third-order valence-corrected chi connectivity index (χ3v) is 7.24. The van der Waals surface area contributed by atoms with Crippen LogP contribution in [0.2, 0.25) is 0 Å². The van der Waals surface area contributed by atoms with Crippen LogP contribution in [-0.2, 0) is 0 Å². The average Bonchev–Trinajstić information content (AvgIpc) is 2.92. The molecule has 1 aromatic carbocycles. The molecule has 1 aromatic heterocycles. The lowest BCUT2D eigenvalue weighted by molar-refractivity contribution is 0.301. The van der Waals surface area contributed by atoms with Gasteiger partial charge in [-0.3, -0.25) is 0 Å². The van der Waals surface area contributed by atoms with Crippen LogP contribution in [0.1, 0.15) is 44.9 Å². The number of hydrogen-bond donors (Lipinski definition) is 1. The van der Waals surface area contributed by atoms with Crippen LogP contribution in [0, 0.1) is 11.8 Å². The molecule has 28 heavy (non-hydrogen) atoms.